The summed E-state index contributed by atoms with van der Waals surface area (Å²) in [5.41, 5.74) is -0.674. The zero-order chi connectivity index (χ0) is 14.3. The number of hydrogen-bond acceptors (Lipinski definition) is 4. The molecule has 1 amide bonds. The Morgan fingerprint density at radius 1 is 1.28 bits per heavy atom. The van der Waals surface area contributed by atoms with Crippen molar-refractivity contribution < 1.29 is 24.2 Å². The van der Waals surface area contributed by atoms with Crippen molar-refractivity contribution in [2.45, 2.75) is 58.6 Å². The number of hydrogen-bond donors (Lipinski definition) is 2. The second-order valence-electron chi connectivity index (χ2n) is 5.13. The minimum atomic E-state index is -1.13. The van der Waals surface area contributed by atoms with Crippen LogP contribution >= 0.6 is 0 Å². The summed E-state index contributed by atoms with van der Waals surface area (Å²) >= 11 is 0. The standard InChI is InChI=1S/C12H21NO5/c1-8(14)6-5-7-9(10(15)16)13-11(17)18-12(2,3)4/h9H,5-7H2,1-4H3,(H,13,17)(H,15,16)/t9-/m0/s1. The van der Waals surface area contributed by atoms with Crippen LogP contribution in [0.15, 0.2) is 0 Å². The normalized spacial score (nSPS) is 12.7. The molecule has 0 heterocycles. The average Bonchev–Trinajstić information content (AvgIpc) is 2.12. The summed E-state index contributed by atoms with van der Waals surface area (Å²) in [6.07, 6.45) is 0.161. The number of alkyl carbamates (subject to hydrolysis) is 1. The van der Waals surface area contributed by atoms with Crippen LogP contribution in [0.5, 0.6) is 0 Å². The van der Waals surface area contributed by atoms with Crippen molar-refractivity contribution >= 4 is 17.8 Å². The van der Waals surface area contributed by atoms with Gasteiger partial charge in [0.2, 0.25) is 0 Å². The highest BCUT2D eigenvalue weighted by atomic mass is 16.6. The van der Waals surface area contributed by atoms with E-state index in [1.54, 1.807) is 20.8 Å². The van der Waals surface area contributed by atoms with Crippen molar-refractivity contribution in [2.75, 3.05) is 0 Å². The van der Waals surface area contributed by atoms with E-state index in [1.165, 1.54) is 6.92 Å². The molecule has 0 aliphatic heterocycles. The lowest BCUT2D eigenvalue weighted by Crippen LogP contribution is -2.43. The van der Waals surface area contributed by atoms with Crippen molar-refractivity contribution in [1.29, 1.82) is 0 Å². The third-order valence-electron chi connectivity index (χ3n) is 2.01. The highest BCUT2D eigenvalue weighted by Crippen LogP contribution is 2.08. The third-order valence-corrected chi connectivity index (χ3v) is 2.01. The topological polar surface area (TPSA) is 92.7 Å². The molecule has 0 aromatic rings. The number of ketones is 1. The van der Waals surface area contributed by atoms with Gasteiger partial charge in [0.15, 0.2) is 0 Å². The van der Waals surface area contributed by atoms with E-state index in [1.807, 2.05) is 0 Å². The Kier molecular flexibility index (Phi) is 6.36. The van der Waals surface area contributed by atoms with Crippen molar-refractivity contribution in [3.63, 3.8) is 0 Å². The quantitative estimate of drug-likeness (QED) is 0.757. The van der Waals surface area contributed by atoms with Gasteiger partial charge >= 0.3 is 12.1 Å². The van der Waals surface area contributed by atoms with Crippen LogP contribution in [0.3, 0.4) is 0 Å². The fourth-order valence-corrected chi connectivity index (χ4v) is 1.26. The van der Waals surface area contributed by atoms with E-state index < -0.39 is 23.7 Å². The number of carbonyl (C=O) groups is 3. The molecule has 0 aliphatic carbocycles. The lowest BCUT2D eigenvalue weighted by atomic mass is 10.1. The number of nitrogens with one attached hydrogen (secondary N) is 1. The van der Waals surface area contributed by atoms with E-state index in [9.17, 15) is 14.4 Å². The van der Waals surface area contributed by atoms with Gasteiger partial charge in [0.05, 0.1) is 0 Å². The summed E-state index contributed by atoms with van der Waals surface area (Å²) < 4.78 is 4.97. The molecule has 0 bridgehead atoms. The van der Waals surface area contributed by atoms with Gasteiger partial charge in [-0.1, -0.05) is 0 Å². The fourth-order valence-electron chi connectivity index (χ4n) is 1.26. The molecule has 6 heteroatoms. The Morgan fingerprint density at radius 2 is 1.83 bits per heavy atom. The maximum absolute atomic E-state index is 11.4. The number of amides is 1. The van der Waals surface area contributed by atoms with Crippen molar-refractivity contribution in [1.82, 2.24) is 5.32 Å². The van der Waals surface area contributed by atoms with Crippen LogP contribution in [-0.2, 0) is 14.3 Å². The Labute approximate surface area is 107 Å². The monoisotopic (exact) mass is 259 g/mol. The van der Waals surface area contributed by atoms with Gasteiger partial charge < -0.3 is 20.0 Å². The Balaban J connectivity index is 4.23. The predicted octanol–water partition coefficient (Wildman–Crippen LogP) is 1.72. The van der Waals surface area contributed by atoms with Crippen LogP contribution in [0.2, 0.25) is 0 Å². The van der Waals surface area contributed by atoms with E-state index >= 15 is 0 Å². The highest BCUT2D eigenvalue weighted by Gasteiger charge is 2.23. The predicted molar refractivity (Wildman–Crippen MR) is 65.3 cm³/mol. The zero-order valence-corrected chi connectivity index (χ0v) is 11.3. The van der Waals surface area contributed by atoms with Crippen LogP contribution in [0, 0.1) is 0 Å². The summed E-state index contributed by atoms with van der Waals surface area (Å²) in [5.74, 6) is -1.14. The maximum atomic E-state index is 11.4. The maximum Gasteiger partial charge on any atom is 0.408 e. The summed E-state index contributed by atoms with van der Waals surface area (Å²) in [5, 5.41) is 11.2. The Bertz CT molecular complexity index is 319. The van der Waals surface area contributed by atoms with Gasteiger partial charge in [-0.2, -0.15) is 0 Å². The van der Waals surface area contributed by atoms with Gasteiger partial charge in [-0.05, 0) is 40.5 Å². The van der Waals surface area contributed by atoms with Crippen molar-refractivity contribution in [3.8, 4) is 0 Å². The summed E-state index contributed by atoms with van der Waals surface area (Å²) in [4.78, 5) is 33.1. The molecule has 0 spiro atoms. The Morgan fingerprint density at radius 3 is 2.22 bits per heavy atom. The number of Topliss-reactive ketones (excluding diaryl/α,β-unsaturated/α-hetero) is 1. The fraction of sp³-hybridized carbons (Fsp3) is 0.750. The second kappa shape index (κ2) is 6.98. The lowest BCUT2D eigenvalue weighted by molar-refractivity contribution is -0.139. The molecule has 0 aromatic heterocycles. The SMILES string of the molecule is CC(=O)CCC[C@H](NC(=O)OC(C)(C)C)C(=O)O. The molecule has 0 unspecified atom stereocenters. The molecular weight excluding hydrogens is 238 g/mol. The number of carboxylic acids is 1. The number of rotatable bonds is 6. The molecule has 104 valence electrons. The van der Waals surface area contributed by atoms with Gasteiger partial charge in [0, 0.05) is 6.42 Å². The van der Waals surface area contributed by atoms with Crippen LogP contribution in [0.25, 0.3) is 0 Å². The smallest absolute Gasteiger partial charge is 0.408 e. The van der Waals surface area contributed by atoms with Crippen LogP contribution in [0.4, 0.5) is 4.79 Å². The van der Waals surface area contributed by atoms with Crippen LogP contribution in [0.1, 0.15) is 47.0 Å². The molecule has 0 saturated carbocycles. The number of aliphatic carboxylic acids is 1. The highest BCUT2D eigenvalue weighted by molar-refractivity contribution is 5.80. The van der Waals surface area contributed by atoms with Crippen molar-refractivity contribution in [3.05, 3.63) is 0 Å². The first kappa shape index (κ1) is 16.4. The first-order valence-electron chi connectivity index (χ1n) is 5.83. The molecule has 6 nitrogen and oxygen atoms in total. The largest absolute Gasteiger partial charge is 0.480 e. The Hall–Kier alpha value is -1.59. The minimum Gasteiger partial charge on any atom is -0.480 e. The van der Waals surface area contributed by atoms with Gasteiger partial charge in [-0.25, -0.2) is 9.59 Å². The number of carboxylic acid groups (broad SMARTS) is 1. The van der Waals surface area contributed by atoms with E-state index in [2.05, 4.69) is 5.32 Å². The van der Waals surface area contributed by atoms with E-state index in [4.69, 9.17) is 9.84 Å². The van der Waals surface area contributed by atoms with Crippen LogP contribution in [-0.4, -0.2) is 34.6 Å². The minimum absolute atomic E-state index is 0.00333. The molecule has 18 heavy (non-hydrogen) atoms. The van der Waals surface area contributed by atoms with Gasteiger partial charge in [0.1, 0.15) is 17.4 Å². The molecular formula is C12H21NO5. The zero-order valence-electron chi connectivity index (χ0n) is 11.3. The molecule has 0 saturated heterocycles. The summed E-state index contributed by atoms with van der Waals surface area (Å²) in [7, 11) is 0. The molecule has 0 aromatic carbocycles. The first-order chi connectivity index (χ1) is 8.11. The molecule has 0 radical (unpaired) electrons. The van der Waals surface area contributed by atoms with Gasteiger partial charge in [-0.15, -0.1) is 0 Å². The average molecular weight is 259 g/mol. The molecule has 0 fully saturated rings. The lowest BCUT2D eigenvalue weighted by Gasteiger charge is -2.21. The van der Waals surface area contributed by atoms with E-state index in [0.717, 1.165) is 0 Å². The van der Waals surface area contributed by atoms with Crippen molar-refractivity contribution in [2.24, 2.45) is 0 Å². The molecule has 2 N–H and O–H groups in total. The molecule has 1 atom stereocenters. The number of carbonyl (C=O) groups excluding carboxylic acids is 2. The van der Waals surface area contributed by atoms with Gasteiger partial charge in [-0.3, -0.25) is 0 Å². The number of ether oxygens (including phenoxy) is 1. The second-order valence-corrected chi connectivity index (χ2v) is 5.13. The van der Waals surface area contributed by atoms with E-state index in [-0.39, 0.29) is 12.2 Å². The summed E-state index contributed by atoms with van der Waals surface area (Å²) in [6, 6.07) is -1.03. The summed E-state index contributed by atoms with van der Waals surface area (Å²) in [6.45, 7) is 6.52. The third kappa shape index (κ3) is 8.55. The molecule has 0 rings (SSSR count). The first-order valence-corrected chi connectivity index (χ1v) is 5.83. The van der Waals surface area contributed by atoms with Crippen LogP contribution < -0.4 is 5.32 Å². The molecule has 0 aliphatic rings. The van der Waals surface area contributed by atoms with Gasteiger partial charge in [0.25, 0.3) is 0 Å². The van der Waals surface area contributed by atoms with E-state index in [0.29, 0.717) is 12.8 Å².